The number of hydrogen-bond donors (Lipinski definition) is 0. The molecule has 7 heteroatoms. The SMILES string of the molecule is Cc1ccc(S(=O)(=O)N2CCN(C(=O)Cc3ccc4c(c3)CCO4)CC2)cc1. The second-order valence-corrected chi connectivity index (χ2v) is 9.25. The minimum Gasteiger partial charge on any atom is -0.493 e. The molecule has 0 aromatic heterocycles. The quantitative estimate of drug-likeness (QED) is 0.787. The summed E-state index contributed by atoms with van der Waals surface area (Å²) in [6.45, 7) is 4.09. The Morgan fingerprint density at radius 3 is 2.46 bits per heavy atom. The number of rotatable bonds is 4. The predicted octanol–water partition coefficient (Wildman–Crippen LogP) is 2.01. The van der Waals surface area contributed by atoms with Crippen molar-refractivity contribution >= 4 is 15.9 Å². The van der Waals surface area contributed by atoms with Gasteiger partial charge in [-0.1, -0.05) is 29.8 Å². The van der Waals surface area contributed by atoms with Crippen LogP contribution in [0.2, 0.25) is 0 Å². The maximum absolute atomic E-state index is 12.8. The molecule has 0 bridgehead atoms. The van der Waals surface area contributed by atoms with Crippen molar-refractivity contribution in [1.29, 1.82) is 0 Å². The van der Waals surface area contributed by atoms with E-state index >= 15 is 0 Å². The highest BCUT2D eigenvalue weighted by molar-refractivity contribution is 7.89. The second-order valence-electron chi connectivity index (χ2n) is 7.32. The molecule has 2 aliphatic heterocycles. The summed E-state index contributed by atoms with van der Waals surface area (Å²) in [4.78, 5) is 14.7. The molecule has 0 saturated carbocycles. The largest absolute Gasteiger partial charge is 0.493 e. The Labute approximate surface area is 165 Å². The fourth-order valence-electron chi connectivity index (χ4n) is 3.67. The lowest BCUT2D eigenvalue weighted by atomic mass is 10.1. The second kappa shape index (κ2) is 7.56. The first-order valence-electron chi connectivity index (χ1n) is 9.53. The van der Waals surface area contributed by atoms with E-state index in [1.807, 2.05) is 25.1 Å². The lowest BCUT2D eigenvalue weighted by Gasteiger charge is -2.34. The van der Waals surface area contributed by atoms with Crippen molar-refractivity contribution in [2.45, 2.75) is 24.7 Å². The highest BCUT2D eigenvalue weighted by Crippen LogP contribution is 2.26. The molecule has 2 aromatic carbocycles. The van der Waals surface area contributed by atoms with Crippen molar-refractivity contribution in [3.8, 4) is 5.75 Å². The van der Waals surface area contributed by atoms with Crippen molar-refractivity contribution in [2.75, 3.05) is 32.8 Å². The van der Waals surface area contributed by atoms with Crippen molar-refractivity contribution < 1.29 is 17.9 Å². The molecule has 2 aromatic rings. The van der Waals surface area contributed by atoms with Gasteiger partial charge >= 0.3 is 0 Å². The number of benzene rings is 2. The number of carbonyl (C=O) groups is 1. The van der Waals surface area contributed by atoms with Gasteiger partial charge in [0.25, 0.3) is 0 Å². The summed E-state index contributed by atoms with van der Waals surface area (Å²) < 4.78 is 32.5. The number of ether oxygens (including phenoxy) is 1. The summed E-state index contributed by atoms with van der Waals surface area (Å²) in [5.41, 5.74) is 3.15. The van der Waals surface area contributed by atoms with Gasteiger partial charge in [-0.2, -0.15) is 4.31 Å². The van der Waals surface area contributed by atoms with E-state index in [1.54, 1.807) is 29.2 Å². The van der Waals surface area contributed by atoms with Gasteiger partial charge in [0.15, 0.2) is 0 Å². The number of piperazine rings is 1. The average Bonchev–Trinajstić information content (AvgIpc) is 3.16. The molecule has 0 atom stereocenters. The van der Waals surface area contributed by atoms with Gasteiger partial charge in [0.2, 0.25) is 15.9 Å². The Hall–Kier alpha value is -2.38. The Bertz CT molecular complexity index is 978. The van der Waals surface area contributed by atoms with E-state index in [2.05, 4.69) is 0 Å². The van der Waals surface area contributed by atoms with Crippen molar-refractivity contribution in [3.63, 3.8) is 0 Å². The van der Waals surface area contributed by atoms with Crippen molar-refractivity contribution in [2.24, 2.45) is 0 Å². The van der Waals surface area contributed by atoms with Gasteiger partial charge in [0, 0.05) is 32.6 Å². The molecule has 4 rings (SSSR count). The van der Waals surface area contributed by atoms with Crippen LogP contribution in [0.15, 0.2) is 47.4 Å². The van der Waals surface area contributed by atoms with Crippen LogP contribution in [-0.2, 0) is 27.7 Å². The third-order valence-electron chi connectivity index (χ3n) is 5.36. The van der Waals surface area contributed by atoms with E-state index in [0.717, 1.165) is 28.9 Å². The minimum atomic E-state index is -3.51. The van der Waals surface area contributed by atoms with Crippen LogP contribution in [0.3, 0.4) is 0 Å². The van der Waals surface area contributed by atoms with E-state index in [1.165, 1.54) is 4.31 Å². The number of amides is 1. The molecule has 6 nitrogen and oxygen atoms in total. The van der Waals surface area contributed by atoms with Gasteiger partial charge in [-0.25, -0.2) is 8.42 Å². The molecule has 0 spiro atoms. The molecular formula is C21H24N2O4S. The van der Waals surface area contributed by atoms with Crippen molar-refractivity contribution in [3.05, 3.63) is 59.2 Å². The van der Waals surface area contributed by atoms with E-state index in [4.69, 9.17) is 4.74 Å². The third-order valence-corrected chi connectivity index (χ3v) is 7.27. The monoisotopic (exact) mass is 400 g/mol. The maximum Gasteiger partial charge on any atom is 0.243 e. The van der Waals surface area contributed by atoms with Gasteiger partial charge in [-0.05, 0) is 36.2 Å². The first-order valence-corrected chi connectivity index (χ1v) is 11.0. The van der Waals surface area contributed by atoms with E-state index in [-0.39, 0.29) is 5.91 Å². The van der Waals surface area contributed by atoms with Crippen LogP contribution in [-0.4, -0.2) is 56.3 Å². The Morgan fingerprint density at radius 2 is 1.75 bits per heavy atom. The molecule has 1 fully saturated rings. The summed E-state index contributed by atoms with van der Waals surface area (Å²) >= 11 is 0. The summed E-state index contributed by atoms with van der Waals surface area (Å²) in [5.74, 6) is 0.942. The third kappa shape index (κ3) is 3.77. The highest BCUT2D eigenvalue weighted by Gasteiger charge is 2.30. The van der Waals surface area contributed by atoms with E-state index < -0.39 is 10.0 Å². The van der Waals surface area contributed by atoms with E-state index in [0.29, 0.717) is 44.1 Å². The fraction of sp³-hybridized carbons (Fsp3) is 0.381. The van der Waals surface area contributed by atoms with Crippen LogP contribution in [0.4, 0.5) is 0 Å². The number of nitrogens with zero attached hydrogens (tertiary/aromatic N) is 2. The first kappa shape index (κ1) is 19.0. The van der Waals surface area contributed by atoms with E-state index in [9.17, 15) is 13.2 Å². The summed E-state index contributed by atoms with van der Waals surface area (Å²) in [6, 6.07) is 12.8. The topological polar surface area (TPSA) is 66.9 Å². The fourth-order valence-corrected chi connectivity index (χ4v) is 5.10. The maximum atomic E-state index is 12.8. The molecule has 2 aliphatic rings. The zero-order valence-corrected chi connectivity index (χ0v) is 16.7. The van der Waals surface area contributed by atoms with Crippen LogP contribution in [0.5, 0.6) is 5.75 Å². The molecule has 0 aliphatic carbocycles. The Morgan fingerprint density at radius 1 is 1.04 bits per heavy atom. The number of hydrogen-bond acceptors (Lipinski definition) is 4. The van der Waals surface area contributed by atoms with Crippen LogP contribution in [0.25, 0.3) is 0 Å². The highest BCUT2D eigenvalue weighted by atomic mass is 32.2. The molecule has 148 valence electrons. The summed E-state index contributed by atoms with van der Waals surface area (Å²) in [5, 5.41) is 0. The van der Waals surface area contributed by atoms with Gasteiger partial charge in [0.05, 0.1) is 17.9 Å². The summed E-state index contributed by atoms with van der Waals surface area (Å²) in [6.07, 6.45) is 1.21. The Balaban J connectivity index is 1.37. The Kier molecular flexibility index (Phi) is 5.12. The molecule has 2 heterocycles. The lowest BCUT2D eigenvalue weighted by Crippen LogP contribution is -2.50. The molecule has 1 amide bonds. The zero-order valence-electron chi connectivity index (χ0n) is 15.9. The molecule has 28 heavy (non-hydrogen) atoms. The number of sulfonamides is 1. The average molecular weight is 401 g/mol. The molecule has 1 saturated heterocycles. The molecule has 0 radical (unpaired) electrons. The normalized spacial score (nSPS) is 17.2. The summed E-state index contributed by atoms with van der Waals surface area (Å²) in [7, 11) is -3.51. The van der Waals surface area contributed by atoms with Crippen LogP contribution >= 0.6 is 0 Å². The lowest BCUT2D eigenvalue weighted by molar-refractivity contribution is -0.131. The predicted molar refractivity (Wildman–Crippen MR) is 106 cm³/mol. The van der Waals surface area contributed by atoms with Gasteiger partial charge in [-0.3, -0.25) is 4.79 Å². The number of aryl methyl sites for hydroxylation is 1. The van der Waals surface area contributed by atoms with Crippen LogP contribution < -0.4 is 4.74 Å². The molecule has 0 N–H and O–H groups in total. The van der Waals surface area contributed by atoms with Gasteiger partial charge in [-0.15, -0.1) is 0 Å². The van der Waals surface area contributed by atoms with Crippen molar-refractivity contribution in [1.82, 2.24) is 9.21 Å². The van der Waals surface area contributed by atoms with Gasteiger partial charge in [0.1, 0.15) is 5.75 Å². The van der Waals surface area contributed by atoms with Gasteiger partial charge < -0.3 is 9.64 Å². The van der Waals surface area contributed by atoms with Crippen LogP contribution in [0, 0.1) is 6.92 Å². The zero-order chi connectivity index (χ0) is 19.7. The standard InChI is InChI=1S/C21H24N2O4S/c1-16-2-5-19(6-3-16)28(25,26)23-11-9-22(10-12-23)21(24)15-17-4-7-20-18(14-17)8-13-27-20/h2-7,14H,8-13,15H2,1H3. The van der Waals surface area contributed by atoms with Crippen LogP contribution in [0.1, 0.15) is 16.7 Å². The minimum absolute atomic E-state index is 0.0336. The number of fused-ring (bicyclic) bond motifs is 1. The number of carbonyl (C=O) groups excluding carboxylic acids is 1. The first-order chi connectivity index (χ1) is 13.4. The smallest absolute Gasteiger partial charge is 0.243 e. The molecular weight excluding hydrogens is 376 g/mol. The molecule has 0 unspecified atom stereocenters.